The molecule has 0 aliphatic carbocycles. The molecule has 25 heavy (non-hydrogen) atoms. The molecular formula is C20H20ClN3O. The van der Waals surface area contributed by atoms with Crippen LogP contribution < -0.4 is 10.6 Å². The van der Waals surface area contributed by atoms with Gasteiger partial charge in [0.25, 0.3) is 5.91 Å². The molecule has 0 unspecified atom stereocenters. The van der Waals surface area contributed by atoms with Crippen LogP contribution in [-0.2, 0) is 11.2 Å². The first-order valence-corrected chi connectivity index (χ1v) is 8.43. The standard InChI is InChI=1S/C20H20ClN3O/c1-15-9-10-18(21)12-19(15)24-20(25)17(13-22)14-23-11-5-8-16-6-3-2-4-7-16/h2-4,6-7,9-10,12,14,23H,5,8,11H2,1H3,(H,24,25)/b17-14-. The van der Waals surface area contributed by atoms with Crippen molar-refractivity contribution in [2.24, 2.45) is 0 Å². The number of nitrogens with one attached hydrogen (secondary N) is 2. The molecule has 2 N–H and O–H groups in total. The van der Waals surface area contributed by atoms with Crippen LogP contribution in [0, 0.1) is 18.3 Å². The van der Waals surface area contributed by atoms with E-state index in [9.17, 15) is 10.1 Å². The third-order valence-corrected chi connectivity index (χ3v) is 3.92. The van der Waals surface area contributed by atoms with E-state index in [1.165, 1.54) is 11.8 Å². The number of rotatable bonds is 7. The number of halogens is 1. The third kappa shape index (κ3) is 5.98. The summed E-state index contributed by atoms with van der Waals surface area (Å²) >= 11 is 5.94. The number of nitrogens with zero attached hydrogens (tertiary/aromatic N) is 1. The van der Waals surface area contributed by atoms with E-state index in [0.717, 1.165) is 18.4 Å². The smallest absolute Gasteiger partial charge is 0.267 e. The third-order valence-electron chi connectivity index (χ3n) is 3.69. The summed E-state index contributed by atoms with van der Waals surface area (Å²) in [6.07, 6.45) is 3.31. The van der Waals surface area contributed by atoms with Gasteiger partial charge < -0.3 is 10.6 Å². The molecule has 128 valence electrons. The predicted octanol–water partition coefficient (Wildman–Crippen LogP) is 4.22. The van der Waals surface area contributed by atoms with Crippen molar-refractivity contribution >= 4 is 23.2 Å². The second-order valence-electron chi connectivity index (χ2n) is 5.63. The first-order valence-electron chi connectivity index (χ1n) is 8.05. The minimum absolute atomic E-state index is 0.0269. The van der Waals surface area contributed by atoms with Gasteiger partial charge in [-0.2, -0.15) is 5.26 Å². The highest BCUT2D eigenvalue weighted by atomic mass is 35.5. The van der Waals surface area contributed by atoms with Crippen molar-refractivity contribution in [2.75, 3.05) is 11.9 Å². The molecule has 0 heterocycles. The number of anilines is 1. The van der Waals surface area contributed by atoms with Crippen LogP contribution in [0.25, 0.3) is 0 Å². The molecular weight excluding hydrogens is 334 g/mol. The van der Waals surface area contributed by atoms with Gasteiger partial charge in [0, 0.05) is 23.5 Å². The maximum atomic E-state index is 12.2. The molecule has 0 spiro atoms. The number of aryl methyl sites for hydroxylation is 2. The maximum absolute atomic E-state index is 12.2. The van der Waals surface area contributed by atoms with Crippen molar-refractivity contribution in [2.45, 2.75) is 19.8 Å². The first-order chi connectivity index (χ1) is 12.1. The van der Waals surface area contributed by atoms with Gasteiger partial charge in [-0.25, -0.2) is 0 Å². The quantitative estimate of drug-likeness (QED) is 0.445. The summed E-state index contributed by atoms with van der Waals surface area (Å²) in [6.45, 7) is 2.55. The van der Waals surface area contributed by atoms with Crippen LogP contribution in [-0.4, -0.2) is 12.5 Å². The first kappa shape index (κ1) is 18.6. The lowest BCUT2D eigenvalue weighted by molar-refractivity contribution is -0.112. The molecule has 2 aromatic rings. The minimum atomic E-state index is -0.455. The van der Waals surface area contributed by atoms with E-state index in [1.54, 1.807) is 12.1 Å². The SMILES string of the molecule is Cc1ccc(Cl)cc1NC(=O)/C(C#N)=C\NCCCc1ccccc1. The van der Waals surface area contributed by atoms with Crippen molar-refractivity contribution in [3.8, 4) is 6.07 Å². The minimum Gasteiger partial charge on any atom is -0.390 e. The van der Waals surface area contributed by atoms with Crippen LogP contribution in [0.5, 0.6) is 0 Å². The van der Waals surface area contributed by atoms with Gasteiger partial charge in [-0.05, 0) is 43.0 Å². The molecule has 2 rings (SSSR count). The van der Waals surface area contributed by atoms with E-state index in [0.29, 0.717) is 17.3 Å². The molecule has 0 aromatic heterocycles. The number of benzene rings is 2. The molecule has 0 saturated heterocycles. The Kier molecular flexibility index (Phi) is 7.06. The maximum Gasteiger partial charge on any atom is 0.267 e. The van der Waals surface area contributed by atoms with Crippen LogP contribution in [0.3, 0.4) is 0 Å². The van der Waals surface area contributed by atoms with Crippen LogP contribution in [0.4, 0.5) is 5.69 Å². The summed E-state index contributed by atoms with van der Waals surface area (Å²) < 4.78 is 0. The second-order valence-corrected chi connectivity index (χ2v) is 6.06. The fourth-order valence-corrected chi connectivity index (χ4v) is 2.45. The van der Waals surface area contributed by atoms with Crippen molar-refractivity contribution < 1.29 is 4.79 Å². The zero-order valence-electron chi connectivity index (χ0n) is 14.1. The number of nitriles is 1. The summed E-state index contributed by atoms with van der Waals surface area (Å²) in [5.41, 5.74) is 2.77. The lowest BCUT2D eigenvalue weighted by Gasteiger charge is -2.08. The highest BCUT2D eigenvalue weighted by molar-refractivity contribution is 6.31. The monoisotopic (exact) mass is 353 g/mol. The van der Waals surface area contributed by atoms with Crippen LogP contribution in [0.15, 0.2) is 60.3 Å². The van der Waals surface area contributed by atoms with Crippen LogP contribution in [0.1, 0.15) is 17.5 Å². The lowest BCUT2D eigenvalue weighted by Crippen LogP contribution is -2.18. The Hall–Kier alpha value is -2.77. The van der Waals surface area contributed by atoms with Gasteiger partial charge in [0.1, 0.15) is 11.6 Å². The summed E-state index contributed by atoms with van der Waals surface area (Å²) in [4.78, 5) is 12.2. The molecule has 5 heteroatoms. The van der Waals surface area contributed by atoms with Gasteiger partial charge in [-0.1, -0.05) is 48.0 Å². The Morgan fingerprint density at radius 3 is 2.72 bits per heavy atom. The molecule has 0 aliphatic rings. The second kappa shape index (κ2) is 9.51. The van der Waals surface area contributed by atoms with Gasteiger partial charge in [-0.3, -0.25) is 4.79 Å². The van der Waals surface area contributed by atoms with Gasteiger partial charge in [0.05, 0.1) is 0 Å². The zero-order valence-corrected chi connectivity index (χ0v) is 14.8. The summed E-state index contributed by atoms with van der Waals surface area (Å²) in [6, 6.07) is 17.3. The van der Waals surface area contributed by atoms with E-state index >= 15 is 0 Å². The summed E-state index contributed by atoms with van der Waals surface area (Å²) in [7, 11) is 0. The highest BCUT2D eigenvalue weighted by Gasteiger charge is 2.10. The van der Waals surface area contributed by atoms with E-state index in [-0.39, 0.29) is 5.57 Å². The van der Waals surface area contributed by atoms with Crippen LogP contribution in [0.2, 0.25) is 5.02 Å². The van der Waals surface area contributed by atoms with Crippen LogP contribution >= 0.6 is 11.6 Å². The Balaban J connectivity index is 1.85. The number of hydrogen-bond donors (Lipinski definition) is 2. The fourth-order valence-electron chi connectivity index (χ4n) is 2.28. The molecule has 2 aromatic carbocycles. The van der Waals surface area contributed by atoms with Gasteiger partial charge >= 0.3 is 0 Å². The van der Waals surface area contributed by atoms with Crippen molar-refractivity contribution in [3.63, 3.8) is 0 Å². The Morgan fingerprint density at radius 2 is 2.00 bits per heavy atom. The Morgan fingerprint density at radius 1 is 1.24 bits per heavy atom. The Bertz CT molecular complexity index is 794. The summed E-state index contributed by atoms with van der Waals surface area (Å²) in [5, 5.41) is 15.5. The predicted molar refractivity (Wildman–Crippen MR) is 101 cm³/mol. The largest absolute Gasteiger partial charge is 0.390 e. The molecule has 0 saturated carbocycles. The van der Waals surface area contributed by atoms with Gasteiger partial charge in [0.2, 0.25) is 0 Å². The normalized spacial score (nSPS) is 10.8. The molecule has 1 amide bonds. The van der Waals surface area contributed by atoms with E-state index in [1.807, 2.05) is 37.3 Å². The molecule has 0 bridgehead atoms. The Labute approximate surface area is 153 Å². The number of carbonyl (C=O) groups is 1. The molecule has 0 atom stereocenters. The number of hydrogen-bond acceptors (Lipinski definition) is 3. The molecule has 0 fully saturated rings. The number of amides is 1. The summed E-state index contributed by atoms with van der Waals surface area (Å²) in [5.74, 6) is -0.455. The van der Waals surface area contributed by atoms with Crippen molar-refractivity contribution in [3.05, 3.63) is 76.5 Å². The average Bonchev–Trinajstić information content (AvgIpc) is 2.62. The van der Waals surface area contributed by atoms with E-state index < -0.39 is 5.91 Å². The van der Waals surface area contributed by atoms with E-state index in [4.69, 9.17) is 11.6 Å². The molecule has 4 nitrogen and oxygen atoms in total. The average molecular weight is 354 g/mol. The molecule has 0 aliphatic heterocycles. The fraction of sp³-hybridized carbons (Fsp3) is 0.200. The van der Waals surface area contributed by atoms with Gasteiger partial charge in [0.15, 0.2) is 0 Å². The molecule has 0 radical (unpaired) electrons. The highest BCUT2D eigenvalue weighted by Crippen LogP contribution is 2.20. The number of carbonyl (C=O) groups excluding carboxylic acids is 1. The van der Waals surface area contributed by atoms with E-state index in [2.05, 4.69) is 22.8 Å². The van der Waals surface area contributed by atoms with Crippen molar-refractivity contribution in [1.82, 2.24) is 5.32 Å². The topological polar surface area (TPSA) is 64.9 Å². The lowest BCUT2D eigenvalue weighted by atomic mass is 10.1. The van der Waals surface area contributed by atoms with Gasteiger partial charge in [-0.15, -0.1) is 0 Å². The van der Waals surface area contributed by atoms with Crippen molar-refractivity contribution in [1.29, 1.82) is 5.26 Å². The zero-order chi connectivity index (χ0) is 18.1.